The first kappa shape index (κ1) is 28.6. The number of aliphatic hydroxyl groups is 1. The number of aliphatic imine (C=N–C) groups is 1. The summed E-state index contributed by atoms with van der Waals surface area (Å²) in [6.45, 7) is -0.259. The molecule has 0 fully saturated rings. The monoisotopic (exact) mass is 612 g/mol. The number of nitrogens with one attached hydrogen (secondary N) is 4. The molecule has 0 bridgehead atoms. The van der Waals surface area contributed by atoms with Gasteiger partial charge in [-0.15, -0.1) is 0 Å². The van der Waals surface area contributed by atoms with E-state index in [1.54, 1.807) is 0 Å². The molecule has 0 aromatic heterocycles. The number of carbonyl (C=O) groups excluding carboxylic acids is 2. The first-order valence-corrected chi connectivity index (χ1v) is 12.1. The molecule has 14 nitrogen and oxygen atoms in total. The van der Waals surface area contributed by atoms with Gasteiger partial charge in [-0.2, -0.15) is 0 Å². The van der Waals surface area contributed by atoms with Gasteiger partial charge in [-0.3, -0.25) is 29.5 Å². The fraction of sp³-hybridized carbons (Fsp3) is 0.273. The molecule has 1 aliphatic rings. The molecule has 3 rings (SSSR count). The number of amides is 2. The molecule has 2 atom stereocenters. The number of guanidine groups is 1. The molecule has 202 valence electrons. The molecular weight excluding hydrogens is 592 g/mol. The van der Waals surface area contributed by atoms with Gasteiger partial charge in [-0.05, 0) is 34.1 Å². The third-order valence-corrected chi connectivity index (χ3v) is 6.00. The van der Waals surface area contributed by atoms with Gasteiger partial charge in [0.15, 0.2) is 5.96 Å². The molecule has 0 spiro atoms. The highest BCUT2D eigenvalue weighted by molar-refractivity contribution is 9.10. The average Bonchev–Trinajstić information content (AvgIpc) is 2.85. The summed E-state index contributed by atoms with van der Waals surface area (Å²) in [6, 6.07) is 5.03. The number of non-ortho nitro benzene ring substituents is 1. The van der Waals surface area contributed by atoms with E-state index in [2.05, 4.69) is 42.2 Å². The van der Waals surface area contributed by atoms with Crippen LogP contribution in [0.4, 0.5) is 11.4 Å². The van der Waals surface area contributed by atoms with Crippen molar-refractivity contribution in [2.75, 3.05) is 25.0 Å². The Bertz CT molecular complexity index is 1310. The van der Waals surface area contributed by atoms with E-state index in [0.29, 0.717) is 0 Å². The van der Waals surface area contributed by atoms with E-state index < -0.39 is 53.5 Å². The molecular formula is C22H22BrClN6O8. The highest BCUT2D eigenvalue weighted by Gasteiger charge is 2.24. The van der Waals surface area contributed by atoms with Gasteiger partial charge in [0.25, 0.3) is 11.6 Å². The Morgan fingerprint density at radius 3 is 2.63 bits per heavy atom. The molecule has 7 N–H and O–H groups in total. The van der Waals surface area contributed by atoms with Crippen molar-refractivity contribution in [3.8, 4) is 5.75 Å². The number of nitrogens with zero attached hydrogens (tertiary/aromatic N) is 2. The highest BCUT2D eigenvalue weighted by atomic mass is 79.9. The molecule has 0 radical (unpaired) electrons. The van der Waals surface area contributed by atoms with Crippen molar-refractivity contribution in [2.24, 2.45) is 4.99 Å². The van der Waals surface area contributed by atoms with Gasteiger partial charge in [0.1, 0.15) is 5.75 Å². The van der Waals surface area contributed by atoms with Crippen LogP contribution in [0.15, 0.2) is 39.8 Å². The Kier molecular flexibility index (Phi) is 9.44. The van der Waals surface area contributed by atoms with E-state index in [9.17, 15) is 39.8 Å². The zero-order valence-corrected chi connectivity index (χ0v) is 21.7. The number of rotatable bonds is 9. The number of carbonyl (C=O) groups is 3. The number of anilines is 1. The fourth-order valence-corrected chi connectivity index (χ4v) is 4.28. The number of nitro groups is 1. The van der Waals surface area contributed by atoms with Gasteiger partial charge in [-0.1, -0.05) is 11.6 Å². The van der Waals surface area contributed by atoms with E-state index in [-0.39, 0.29) is 51.1 Å². The Hall–Kier alpha value is -3.95. The number of aliphatic carboxylic acids is 1. The SMILES string of the molecule is O=C(O)CC(NC(=O)CNC(=O)c1cc(NC2=NC[C@H](O)CN2)cc([N+](=O)[O-])c1)c1cc(Cl)cc(Br)c1O. The van der Waals surface area contributed by atoms with Crippen LogP contribution in [-0.2, 0) is 9.59 Å². The molecule has 0 saturated heterocycles. The normalized spacial score (nSPS) is 15.4. The highest BCUT2D eigenvalue weighted by Crippen LogP contribution is 2.36. The predicted octanol–water partition coefficient (Wildman–Crippen LogP) is 1.51. The number of benzene rings is 2. The summed E-state index contributed by atoms with van der Waals surface area (Å²) in [7, 11) is 0. The molecule has 2 aromatic rings. The lowest BCUT2D eigenvalue weighted by atomic mass is 10.0. The summed E-state index contributed by atoms with van der Waals surface area (Å²) in [4.78, 5) is 51.3. The zero-order valence-electron chi connectivity index (χ0n) is 19.4. The van der Waals surface area contributed by atoms with E-state index >= 15 is 0 Å². The smallest absolute Gasteiger partial charge is 0.305 e. The second-order valence-electron chi connectivity index (χ2n) is 8.10. The first-order chi connectivity index (χ1) is 17.9. The molecule has 0 aliphatic carbocycles. The molecule has 2 aromatic carbocycles. The van der Waals surface area contributed by atoms with Crippen molar-refractivity contribution in [2.45, 2.75) is 18.6 Å². The minimum atomic E-state index is -1.27. The third kappa shape index (κ3) is 7.77. The number of aliphatic hydroxyl groups excluding tert-OH is 1. The standard InChI is InChI=1S/C22H22BrClN6O8/c23-16-4-11(24)3-15(20(16)35)17(6-19(33)34)29-18(32)9-25-21(36)10-1-12(5-13(2-10)30(37)38)28-22-26-7-14(31)8-27-22/h1-5,14,17,31,35H,6-9H2,(H,25,36)(H,29,32)(H,33,34)(H2,26,27,28). The Labute approximate surface area is 228 Å². The molecule has 2 amide bonds. The lowest BCUT2D eigenvalue weighted by Gasteiger charge is -2.20. The first-order valence-electron chi connectivity index (χ1n) is 10.9. The van der Waals surface area contributed by atoms with Crippen molar-refractivity contribution >= 4 is 62.6 Å². The summed E-state index contributed by atoms with van der Waals surface area (Å²) in [6.07, 6.45) is -1.26. The summed E-state index contributed by atoms with van der Waals surface area (Å²) in [5.74, 6) is -2.93. The maximum absolute atomic E-state index is 12.7. The van der Waals surface area contributed by atoms with E-state index in [1.807, 2.05) is 0 Å². The van der Waals surface area contributed by atoms with Gasteiger partial charge in [0.2, 0.25) is 5.91 Å². The van der Waals surface area contributed by atoms with E-state index in [4.69, 9.17) is 11.6 Å². The number of β-amino-alcohol motifs (C(OH)–C–C–N with tert-alkyl or cyclic N) is 1. The van der Waals surface area contributed by atoms with Gasteiger partial charge in [0.05, 0.1) is 41.1 Å². The number of phenolic OH excluding ortho intramolecular Hbond substituents is 1. The lowest BCUT2D eigenvalue weighted by Crippen LogP contribution is -2.42. The van der Waals surface area contributed by atoms with Crippen LogP contribution in [-0.4, -0.2) is 69.7 Å². The molecule has 0 saturated carbocycles. The number of carboxylic acids is 1. The molecule has 38 heavy (non-hydrogen) atoms. The van der Waals surface area contributed by atoms with Crippen molar-refractivity contribution in [1.82, 2.24) is 16.0 Å². The van der Waals surface area contributed by atoms with Crippen molar-refractivity contribution in [3.63, 3.8) is 0 Å². The Morgan fingerprint density at radius 2 is 2.00 bits per heavy atom. The third-order valence-electron chi connectivity index (χ3n) is 5.18. The summed E-state index contributed by atoms with van der Waals surface area (Å²) < 4.78 is 0.193. The van der Waals surface area contributed by atoms with Crippen molar-refractivity contribution in [3.05, 3.63) is 61.1 Å². The minimum Gasteiger partial charge on any atom is -0.506 e. The number of nitro benzene ring substituents is 1. The van der Waals surface area contributed by atoms with E-state index in [0.717, 1.165) is 6.07 Å². The zero-order chi connectivity index (χ0) is 28.0. The number of hydrogen-bond acceptors (Lipinski definition) is 10. The van der Waals surface area contributed by atoms with Crippen molar-refractivity contribution in [1.29, 1.82) is 0 Å². The molecule has 1 aliphatic heterocycles. The van der Waals surface area contributed by atoms with Crippen LogP contribution in [0.5, 0.6) is 5.75 Å². The average molecular weight is 614 g/mol. The van der Waals surface area contributed by atoms with Crippen LogP contribution in [0.2, 0.25) is 5.02 Å². The van der Waals surface area contributed by atoms with Gasteiger partial charge in [-0.25, -0.2) is 0 Å². The maximum atomic E-state index is 12.7. The maximum Gasteiger partial charge on any atom is 0.305 e. The topological polar surface area (TPSA) is 216 Å². The summed E-state index contributed by atoms with van der Waals surface area (Å²) in [5.41, 5.74) is -0.318. The van der Waals surface area contributed by atoms with Crippen LogP contribution >= 0.6 is 27.5 Å². The second-order valence-corrected chi connectivity index (χ2v) is 9.39. The fourth-order valence-electron chi connectivity index (χ4n) is 3.44. The van der Waals surface area contributed by atoms with Crippen molar-refractivity contribution < 1.29 is 34.6 Å². The van der Waals surface area contributed by atoms with Crippen LogP contribution < -0.4 is 21.3 Å². The van der Waals surface area contributed by atoms with Crippen LogP contribution in [0.1, 0.15) is 28.4 Å². The second kappa shape index (κ2) is 12.5. The quantitative estimate of drug-likeness (QED) is 0.160. The van der Waals surface area contributed by atoms with E-state index in [1.165, 1.54) is 24.3 Å². The Morgan fingerprint density at radius 1 is 1.26 bits per heavy atom. The number of aromatic hydroxyl groups is 1. The van der Waals surface area contributed by atoms with Gasteiger partial charge >= 0.3 is 5.97 Å². The number of hydrogen-bond donors (Lipinski definition) is 7. The molecule has 1 heterocycles. The van der Waals surface area contributed by atoms with Gasteiger partial charge in [0, 0.05) is 40.5 Å². The number of carboxylic acid groups (broad SMARTS) is 1. The van der Waals surface area contributed by atoms with Crippen LogP contribution in [0.3, 0.4) is 0 Å². The van der Waals surface area contributed by atoms with Gasteiger partial charge < -0.3 is 36.6 Å². The van der Waals surface area contributed by atoms with Crippen LogP contribution in [0.25, 0.3) is 0 Å². The largest absolute Gasteiger partial charge is 0.506 e. The molecule has 1 unspecified atom stereocenters. The predicted molar refractivity (Wildman–Crippen MR) is 139 cm³/mol. The van der Waals surface area contributed by atoms with Crippen LogP contribution in [0, 0.1) is 10.1 Å². The lowest BCUT2D eigenvalue weighted by molar-refractivity contribution is -0.384. The summed E-state index contributed by atoms with van der Waals surface area (Å²) in [5, 5.41) is 51.0. The molecule has 16 heteroatoms. The summed E-state index contributed by atoms with van der Waals surface area (Å²) >= 11 is 9.09. The Balaban J connectivity index is 1.72. The number of halogens is 2. The number of phenols is 1. The minimum absolute atomic E-state index is 0.0487.